The zero-order valence-corrected chi connectivity index (χ0v) is 9.86. The van der Waals surface area contributed by atoms with E-state index >= 15 is 0 Å². The van der Waals surface area contributed by atoms with Crippen LogP contribution >= 0.6 is 0 Å². The zero-order valence-electron chi connectivity index (χ0n) is 9.86. The molecule has 0 amide bonds. The van der Waals surface area contributed by atoms with Crippen molar-refractivity contribution in [2.24, 2.45) is 10.8 Å². The topological polar surface area (TPSA) is 88.2 Å². The predicted molar refractivity (Wildman–Crippen MR) is 63.5 cm³/mol. The molecule has 0 aliphatic rings. The van der Waals surface area contributed by atoms with Gasteiger partial charge in [-0.3, -0.25) is 15.4 Å². The molecule has 1 aromatic rings. The van der Waals surface area contributed by atoms with Crippen LogP contribution in [0.2, 0.25) is 0 Å². The molecule has 1 aromatic heterocycles. The number of rotatable bonds is 3. The Hall–Kier alpha value is -1.69. The first-order valence-electron chi connectivity index (χ1n) is 5.17. The van der Waals surface area contributed by atoms with E-state index in [4.69, 9.17) is 5.84 Å². The van der Waals surface area contributed by atoms with Crippen LogP contribution in [0.4, 0.5) is 0 Å². The van der Waals surface area contributed by atoms with Gasteiger partial charge in [0.05, 0.1) is 24.1 Å². The molecule has 88 valence electrons. The number of hydrazine groups is 1. The molecular formula is C10H18N6. The van der Waals surface area contributed by atoms with Crippen LogP contribution in [-0.2, 0) is 6.54 Å². The Morgan fingerprint density at radius 1 is 1.44 bits per heavy atom. The molecule has 1 heterocycles. The minimum absolute atomic E-state index is 0.277. The van der Waals surface area contributed by atoms with Crippen molar-refractivity contribution >= 4 is 5.96 Å². The van der Waals surface area contributed by atoms with E-state index in [0.29, 0.717) is 12.5 Å². The monoisotopic (exact) mass is 222 g/mol. The van der Waals surface area contributed by atoms with Crippen molar-refractivity contribution in [2.45, 2.75) is 33.4 Å². The molecule has 0 fully saturated rings. The van der Waals surface area contributed by atoms with Crippen molar-refractivity contribution in [1.29, 1.82) is 0 Å². The SMILES string of the molecule is Cc1cnc(CN=C(NN)NC(C)C)cn1. The second-order valence-corrected chi connectivity index (χ2v) is 3.76. The number of nitrogens with two attached hydrogens (primary N) is 1. The predicted octanol–water partition coefficient (Wildman–Crippen LogP) is 0.102. The Kier molecular flexibility index (Phi) is 4.65. The van der Waals surface area contributed by atoms with E-state index < -0.39 is 0 Å². The van der Waals surface area contributed by atoms with Crippen molar-refractivity contribution in [3.8, 4) is 0 Å². The number of aliphatic imine (C=N–C) groups is 1. The summed E-state index contributed by atoms with van der Waals surface area (Å²) in [6.07, 6.45) is 3.43. The minimum Gasteiger partial charge on any atom is -0.353 e. The smallest absolute Gasteiger partial charge is 0.206 e. The summed E-state index contributed by atoms with van der Waals surface area (Å²) in [4.78, 5) is 12.6. The molecule has 0 saturated carbocycles. The maximum Gasteiger partial charge on any atom is 0.206 e. The highest BCUT2D eigenvalue weighted by Crippen LogP contribution is 1.95. The number of nitrogens with one attached hydrogen (secondary N) is 2. The molecule has 4 N–H and O–H groups in total. The summed E-state index contributed by atoms with van der Waals surface area (Å²) >= 11 is 0. The van der Waals surface area contributed by atoms with Gasteiger partial charge in [-0.15, -0.1) is 0 Å². The minimum atomic E-state index is 0.277. The van der Waals surface area contributed by atoms with Gasteiger partial charge in [-0.2, -0.15) is 0 Å². The third-order valence-electron chi connectivity index (χ3n) is 1.80. The fraction of sp³-hybridized carbons (Fsp3) is 0.500. The van der Waals surface area contributed by atoms with Crippen molar-refractivity contribution in [3.05, 3.63) is 23.8 Å². The third kappa shape index (κ3) is 4.22. The third-order valence-corrected chi connectivity index (χ3v) is 1.80. The molecular weight excluding hydrogens is 204 g/mol. The molecule has 0 aliphatic carbocycles. The lowest BCUT2D eigenvalue weighted by Gasteiger charge is -2.11. The molecule has 6 heteroatoms. The first kappa shape index (κ1) is 12.4. The molecule has 6 nitrogen and oxygen atoms in total. The number of guanidine groups is 1. The van der Waals surface area contributed by atoms with Gasteiger partial charge < -0.3 is 5.32 Å². The number of aryl methyl sites for hydroxylation is 1. The summed E-state index contributed by atoms with van der Waals surface area (Å²) in [7, 11) is 0. The highest BCUT2D eigenvalue weighted by Gasteiger charge is 1.99. The number of hydrogen-bond donors (Lipinski definition) is 3. The molecule has 0 radical (unpaired) electrons. The highest BCUT2D eigenvalue weighted by atomic mass is 15.3. The van der Waals surface area contributed by atoms with Crippen molar-refractivity contribution in [3.63, 3.8) is 0 Å². The Morgan fingerprint density at radius 3 is 2.69 bits per heavy atom. The standard InChI is InChI=1S/C10H18N6/c1-7(2)15-10(16-11)14-6-9-5-12-8(3)4-13-9/h4-5,7H,6,11H2,1-3H3,(H2,14,15,16). The van der Waals surface area contributed by atoms with E-state index in [-0.39, 0.29) is 6.04 Å². The summed E-state index contributed by atoms with van der Waals surface area (Å²) in [5.41, 5.74) is 4.21. The maximum atomic E-state index is 5.33. The maximum absolute atomic E-state index is 5.33. The molecule has 0 bridgehead atoms. The Labute approximate surface area is 95.4 Å². The second kappa shape index (κ2) is 6.02. The van der Waals surface area contributed by atoms with Crippen LogP contribution in [0.3, 0.4) is 0 Å². The van der Waals surface area contributed by atoms with Crippen LogP contribution in [0.15, 0.2) is 17.4 Å². The molecule has 16 heavy (non-hydrogen) atoms. The summed E-state index contributed by atoms with van der Waals surface area (Å²) in [5, 5.41) is 3.08. The van der Waals surface area contributed by atoms with Crippen molar-refractivity contribution in [1.82, 2.24) is 20.7 Å². The molecule has 0 saturated heterocycles. The van der Waals surface area contributed by atoms with Gasteiger partial charge >= 0.3 is 0 Å². The summed E-state index contributed by atoms with van der Waals surface area (Å²) in [6.45, 7) is 6.37. The Bertz CT molecular complexity index is 343. The van der Waals surface area contributed by atoms with Crippen LogP contribution in [0, 0.1) is 6.92 Å². The van der Waals surface area contributed by atoms with Gasteiger partial charge in [0.2, 0.25) is 5.96 Å². The van der Waals surface area contributed by atoms with Gasteiger partial charge in [-0.25, -0.2) is 10.8 Å². The van der Waals surface area contributed by atoms with Gasteiger partial charge in [0.25, 0.3) is 0 Å². The fourth-order valence-electron chi connectivity index (χ4n) is 1.07. The van der Waals surface area contributed by atoms with Gasteiger partial charge in [0, 0.05) is 12.2 Å². The molecule has 0 atom stereocenters. The van der Waals surface area contributed by atoms with Gasteiger partial charge in [0.1, 0.15) is 0 Å². The van der Waals surface area contributed by atoms with E-state index in [1.54, 1.807) is 12.4 Å². The molecule has 0 unspecified atom stereocenters. The van der Waals surface area contributed by atoms with E-state index in [1.165, 1.54) is 0 Å². The molecule has 0 spiro atoms. The average molecular weight is 222 g/mol. The largest absolute Gasteiger partial charge is 0.353 e. The van der Waals surface area contributed by atoms with Crippen molar-refractivity contribution in [2.75, 3.05) is 0 Å². The van der Waals surface area contributed by atoms with Gasteiger partial charge in [-0.1, -0.05) is 0 Å². The van der Waals surface area contributed by atoms with Crippen molar-refractivity contribution < 1.29 is 0 Å². The molecule has 0 aliphatic heterocycles. The van der Waals surface area contributed by atoms with Crippen LogP contribution in [0.1, 0.15) is 25.2 Å². The number of aromatic nitrogens is 2. The second-order valence-electron chi connectivity index (χ2n) is 3.76. The van der Waals surface area contributed by atoms with Crippen LogP contribution < -0.4 is 16.6 Å². The lowest BCUT2D eigenvalue weighted by Crippen LogP contribution is -2.44. The van der Waals surface area contributed by atoms with E-state index in [9.17, 15) is 0 Å². The normalized spacial score (nSPS) is 11.7. The molecule has 0 aromatic carbocycles. The Balaban J connectivity index is 2.59. The quantitative estimate of drug-likeness (QED) is 0.292. The van der Waals surface area contributed by atoms with Crippen LogP contribution in [0.25, 0.3) is 0 Å². The Morgan fingerprint density at radius 2 is 2.19 bits per heavy atom. The lowest BCUT2D eigenvalue weighted by atomic mass is 10.4. The van der Waals surface area contributed by atoms with E-state index in [2.05, 4.69) is 25.7 Å². The van der Waals surface area contributed by atoms with Gasteiger partial charge in [-0.05, 0) is 20.8 Å². The van der Waals surface area contributed by atoms with E-state index in [0.717, 1.165) is 11.4 Å². The van der Waals surface area contributed by atoms with E-state index in [1.807, 2.05) is 20.8 Å². The lowest BCUT2D eigenvalue weighted by molar-refractivity contribution is 0.701. The highest BCUT2D eigenvalue weighted by molar-refractivity contribution is 5.79. The summed E-state index contributed by atoms with van der Waals surface area (Å²) in [6, 6.07) is 0.277. The van der Waals surface area contributed by atoms with Crippen LogP contribution in [0.5, 0.6) is 0 Å². The summed E-state index contributed by atoms with van der Waals surface area (Å²) < 4.78 is 0. The summed E-state index contributed by atoms with van der Waals surface area (Å²) in [5.74, 6) is 5.88. The first-order valence-corrected chi connectivity index (χ1v) is 5.17. The number of nitrogens with zero attached hydrogens (tertiary/aromatic N) is 3. The number of hydrogen-bond acceptors (Lipinski definition) is 4. The first-order chi connectivity index (χ1) is 7.61. The fourth-order valence-corrected chi connectivity index (χ4v) is 1.07. The molecule has 1 rings (SSSR count). The van der Waals surface area contributed by atoms with Gasteiger partial charge in [0.15, 0.2) is 0 Å². The average Bonchev–Trinajstić information content (AvgIpc) is 2.26. The van der Waals surface area contributed by atoms with Crippen LogP contribution in [-0.4, -0.2) is 22.0 Å². The zero-order chi connectivity index (χ0) is 12.0.